The zero-order valence-corrected chi connectivity index (χ0v) is 18.0. The van der Waals surface area contributed by atoms with Gasteiger partial charge in [0.2, 0.25) is 0 Å². The molecule has 0 aromatic heterocycles. The summed E-state index contributed by atoms with van der Waals surface area (Å²) >= 11 is 6.04. The van der Waals surface area contributed by atoms with Gasteiger partial charge in [-0.05, 0) is 24.4 Å². The second-order valence-corrected chi connectivity index (χ2v) is 8.38. The third-order valence-electron chi connectivity index (χ3n) is 4.73. The number of carboxylic acids is 1. The van der Waals surface area contributed by atoms with Crippen LogP contribution in [0, 0.1) is 10.1 Å². The van der Waals surface area contributed by atoms with E-state index in [9.17, 15) is 29.6 Å². The Bertz CT molecular complexity index is 1320. The van der Waals surface area contributed by atoms with Gasteiger partial charge in [-0.25, -0.2) is 0 Å². The minimum atomic E-state index is -1.21. The van der Waals surface area contributed by atoms with Crippen molar-refractivity contribution in [3.05, 3.63) is 68.6 Å². The van der Waals surface area contributed by atoms with E-state index in [2.05, 4.69) is 5.10 Å². The average molecular weight is 484 g/mol. The number of carbonyl (C=O) groups is 3. The van der Waals surface area contributed by atoms with Crippen LogP contribution in [0.15, 0.2) is 52.5 Å². The molecule has 0 bridgehead atoms. The van der Waals surface area contributed by atoms with E-state index in [1.54, 1.807) is 24.3 Å². The number of nitrogens with zero attached hydrogens (tertiary/aromatic N) is 4. The van der Waals surface area contributed by atoms with Crippen LogP contribution in [0.1, 0.15) is 11.1 Å². The van der Waals surface area contributed by atoms with Crippen LogP contribution < -0.4 is 4.90 Å². The van der Waals surface area contributed by atoms with Crippen molar-refractivity contribution in [2.75, 3.05) is 11.4 Å². The Balaban J connectivity index is 1.71. The smallest absolute Gasteiger partial charge is 0.323 e. The van der Waals surface area contributed by atoms with Crippen molar-refractivity contribution < 1.29 is 29.5 Å². The zero-order chi connectivity index (χ0) is 23.9. The Morgan fingerprint density at radius 2 is 1.94 bits per heavy atom. The highest BCUT2D eigenvalue weighted by Crippen LogP contribution is 2.44. The first kappa shape index (κ1) is 22.1. The van der Waals surface area contributed by atoms with E-state index in [0.29, 0.717) is 11.3 Å². The van der Waals surface area contributed by atoms with Gasteiger partial charge in [-0.3, -0.25) is 29.4 Å². The molecular formula is C20H12N4O7S2. The van der Waals surface area contributed by atoms with E-state index >= 15 is 0 Å². The lowest BCUT2D eigenvalue weighted by molar-refractivity contribution is -0.384. The predicted molar refractivity (Wildman–Crippen MR) is 123 cm³/mol. The lowest BCUT2D eigenvalue weighted by Crippen LogP contribution is -2.32. The van der Waals surface area contributed by atoms with Crippen LogP contribution in [0.25, 0.3) is 5.57 Å². The zero-order valence-electron chi connectivity index (χ0n) is 16.4. The van der Waals surface area contributed by atoms with Crippen LogP contribution in [0.3, 0.4) is 0 Å². The number of amides is 2. The van der Waals surface area contributed by atoms with E-state index in [1.807, 2.05) is 0 Å². The predicted octanol–water partition coefficient (Wildman–Crippen LogP) is 2.34. The normalized spacial score (nSPS) is 17.9. The molecule has 1 saturated heterocycles. The quantitative estimate of drug-likeness (QED) is 0.214. The number of benzene rings is 2. The Hall–Kier alpha value is -4.10. The summed E-state index contributed by atoms with van der Waals surface area (Å²) in [5, 5.41) is 34.8. The van der Waals surface area contributed by atoms with Gasteiger partial charge in [-0.2, -0.15) is 10.1 Å². The molecule has 11 nitrogen and oxygen atoms in total. The molecule has 33 heavy (non-hydrogen) atoms. The summed E-state index contributed by atoms with van der Waals surface area (Å²) in [7, 11) is 0. The lowest BCUT2D eigenvalue weighted by atomic mass is 10.1. The molecule has 2 N–H and O–H groups in total. The van der Waals surface area contributed by atoms with E-state index in [-0.39, 0.29) is 31.8 Å². The molecular weight excluding hydrogens is 472 g/mol. The van der Waals surface area contributed by atoms with Crippen LogP contribution in [-0.2, 0) is 14.4 Å². The van der Waals surface area contributed by atoms with Crippen LogP contribution >= 0.6 is 24.0 Å². The number of non-ortho nitro benzene ring substituents is 1. The fourth-order valence-electron chi connectivity index (χ4n) is 3.28. The molecule has 0 aliphatic carbocycles. The first-order valence-corrected chi connectivity index (χ1v) is 10.4. The first-order valence-electron chi connectivity index (χ1n) is 9.14. The number of hydrogen-bond acceptors (Lipinski definition) is 9. The summed E-state index contributed by atoms with van der Waals surface area (Å²) in [5.41, 5.74) is 0.467. The highest BCUT2D eigenvalue weighted by Gasteiger charge is 2.42. The van der Waals surface area contributed by atoms with Gasteiger partial charge in [0.25, 0.3) is 17.5 Å². The maximum Gasteiger partial charge on any atom is 0.323 e. The molecule has 166 valence electrons. The number of anilines is 1. The van der Waals surface area contributed by atoms with E-state index in [1.165, 1.54) is 0 Å². The number of thioether (sulfide) groups is 1. The molecule has 2 aromatic carbocycles. The fraction of sp³-hybridized carbons (Fsp3) is 0.0500. The molecule has 0 saturated carbocycles. The maximum absolute atomic E-state index is 13.1. The molecule has 2 heterocycles. The van der Waals surface area contributed by atoms with Gasteiger partial charge >= 0.3 is 5.97 Å². The average Bonchev–Trinajstić information content (AvgIpc) is 3.19. The van der Waals surface area contributed by atoms with E-state index in [4.69, 9.17) is 17.3 Å². The molecule has 0 atom stereocenters. The molecule has 2 aliphatic rings. The van der Waals surface area contributed by atoms with Crippen LogP contribution in [0.5, 0.6) is 5.75 Å². The summed E-state index contributed by atoms with van der Waals surface area (Å²) in [6.07, 6.45) is 1.04. The topological polar surface area (TPSA) is 154 Å². The molecule has 0 spiro atoms. The number of rotatable bonds is 5. The highest BCUT2D eigenvalue weighted by atomic mass is 32.2. The second-order valence-electron chi connectivity index (χ2n) is 6.74. The van der Waals surface area contributed by atoms with Gasteiger partial charge in [0.05, 0.1) is 27.3 Å². The first-order chi connectivity index (χ1) is 15.7. The Morgan fingerprint density at radius 1 is 1.21 bits per heavy atom. The van der Waals surface area contributed by atoms with Crippen LogP contribution in [-0.4, -0.2) is 55.0 Å². The van der Waals surface area contributed by atoms with Gasteiger partial charge < -0.3 is 10.2 Å². The third kappa shape index (κ3) is 3.94. The van der Waals surface area contributed by atoms with Gasteiger partial charge in [0.1, 0.15) is 12.3 Å². The maximum atomic E-state index is 13.1. The third-order valence-corrected chi connectivity index (χ3v) is 6.08. The minimum absolute atomic E-state index is 0.00867. The number of phenolic OH excluding ortho intramolecular Hbond substituents is 1. The number of fused-ring (bicyclic) bond motifs is 1. The molecule has 2 aliphatic heterocycles. The van der Waals surface area contributed by atoms with Gasteiger partial charge in [0, 0.05) is 23.3 Å². The molecule has 0 radical (unpaired) electrons. The number of thiocarbonyl (C=S) groups is 1. The Labute approximate surface area is 194 Å². The summed E-state index contributed by atoms with van der Waals surface area (Å²) in [4.78, 5) is 48.6. The summed E-state index contributed by atoms with van der Waals surface area (Å²) in [6.45, 7) is -0.580. The molecule has 4 rings (SSSR count). The Morgan fingerprint density at radius 3 is 2.64 bits per heavy atom. The van der Waals surface area contributed by atoms with E-state index < -0.39 is 29.3 Å². The van der Waals surface area contributed by atoms with Crippen molar-refractivity contribution in [1.29, 1.82) is 0 Å². The number of hydrogen-bond donors (Lipinski definition) is 2. The number of aliphatic carboxylic acids is 1. The number of phenols is 1. The summed E-state index contributed by atoms with van der Waals surface area (Å²) in [6, 6.07) is 9.79. The number of carboxylic acid groups (broad SMARTS) is 1. The number of aromatic hydroxyl groups is 1. The van der Waals surface area contributed by atoms with Crippen LogP contribution in [0.2, 0.25) is 0 Å². The standard InChI is InChI=1S/C20H12N4O7S2/c25-14-6-5-11(24(30)31)7-10(14)8-21-23-19(29)17(33-20(23)32)16-12-3-1-2-4-13(12)22(18(16)28)9-15(26)27/h1-8,25H,9H2,(H,26,27)/b17-16+,21-8+. The van der Waals surface area contributed by atoms with Gasteiger partial charge in [-0.15, -0.1) is 0 Å². The van der Waals surface area contributed by atoms with Gasteiger partial charge in [-0.1, -0.05) is 30.0 Å². The summed E-state index contributed by atoms with van der Waals surface area (Å²) < 4.78 is -0.00867. The minimum Gasteiger partial charge on any atom is -0.507 e. The van der Waals surface area contributed by atoms with Crippen molar-refractivity contribution in [2.45, 2.75) is 0 Å². The van der Waals surface area contributed by atoms with Crippen molar-refractivity contribution in [1.82, 2.24) is 5.01 Å². The number of hydrazone groups is 1. The van der Waals surface area contributed by atoms with Crippen molar-refractivity contribution in [2.24, 2.45) is 5.10 Å². The molecule has 1 fully saturated rings. The number of carbonyl (C=O) groups excluding carboxylic acids is 2. The fourth-order valence-corrected chi connectivity index (χ4v) is 4.53. The molecule has 2 amide bonds. The van der Waals surface area contributed by atoms with Crippen LogP contribution in [0.4, 0.5) is 11.4 Å². The van der Waals surface area contributed by atoms with Crippen molar-refractivity contribution >= 4 is 69.2 Å². The Kier molecular flexibility index (Phi) is 5.66. The molecule has 13 heteroatoms. The van der Waals surface area contributed by atoms with E-state index in [0.717, 1.165) is 46.1 Å². The SMILES string of the molecule is O=C(O)CN1C(=O)/C(=C2/SC(=S)N(/N=C/c3cc([N+](=O)[O-])ccc3O)C2=O)c2ccccc21. The van der Waals surface area contributed by atoms with Crippen molar-refractivity contribution in [3.8, 4) is 5.75 Å². The monoisotopic (exact) mass is 484 g/mol. The van der Waals surface area contributed by atoms with Crippen molar-refractivity contribution in [3.63, 3.8) is 0 Å². The van der Waals surface area contributed by atoms with Gasteiger partial charge in [0.15, 0.2) is 4.32 Å². The number of para-hydroxylation sites is 1. The number of nitro groups is 1. The number of nitro benzene ring substituents is 1. The second kappa shape index (κ2) is 8.44. The highest BCUT2D eigenvalue weighted by molar-refractivity contribution is 8.26. The molecule has 2 aromatic rings. The largest absolute Gasteiger partial charge is 0.507 e. The lowest BCUT2D eigenvalue weighted by Gasteiger charge is -2.13. The summed E-state index contributed by atoms with van der Waals surface area (Å²) in [5.74, 6) is -2.88. The molecule has 0 unspecified atom stereocenters.